The molecule has 1 amide bonds. The summed E-state index contributed by atoms with van der Waals surface area (Å²) in [4.78, 5) is 18.5. The molecule has 2 aromatic carbocycles. The van der Waals surface area contributed by atoms with Crippen LogP contribution in [0.5, 0.6) is 0 Å². The minimum atomic E-state index is -4.84. The smallest absolute Gasteiger partial charge is 0.423 e. The van der Waals surface area contributed by atoms with Crippen LogP contribution in [0.1, 0.15) is 65.9 Å². The molecule has 1 atom stereocenters. The molecule has 4 aromatic rings. The van der Waals surface area contributed by atoms with Crippen LogP contribution in [-0.4, -0.2) is 34.3 Å². The van der Waals surface area contributed by atoms with Gasteiger partial charge in [0.15, 0.2) is 0 Å². The van der Waals surface area contributed by atoms with E-state index in [1.807, 2.05) is 32.0 Å². The highest BCUT2D eigenvalue weighted by Crippen LogP contribution is 2.49. The van der Waals surface area contributed by atoms with E-state index in [9.17, 15) is 23.0 Å². The van der Waals surface area contributed by atoms with E-state index in [0.29, 0.717) is 22.2 Å². The maximum Gasteiger partial charge on any atom is 0.492 e. The Bertz CT molecular complexity index is 1790. The van der Waals surface area contributed by atoms with E-state index >= 15 is 0 Å². The number of halogens is 5. The molecular formula is C31H27BCl2F3N3O4. The zero-order valence-electron chi connectivity index (χ0n) is 23.7. The van der Waals surface area contributed by atoms with Gasteiger partial charge in [-0.25, -0.2) is 0 Å². The fraction of sp³-hybridized carbons (Fsp3) is 0.290. The number of rotatable bonds is 7. The Balaban J connectivity index is 1.24. The topological polar surface area (TPSA) is 84.6 Å². The first kappa shape index (κ1) is 30.5. The summed E-state index contributed by atoms with van der Waals surface area (Å²) in [6, 6.07) is 15.8. The molecule has 0 aliphatic carbocycles. The molecule has 0 spiro atoms. The summed E-state index contributed by atoms with van der Waals surface area (Å²) in [7, 11) is -1.04. The van der Waals surface area contributed by atoms with Gasteiger partial charge >= 0.3 is 13.3 Å². The number of aromatic nitrogens is 1. The van der Waals surface area contributed by atoms with Crippen LogP contribution in [0.15, 0.2) is 72.0 Å². The molecule has 4 heterocycles. The Hall–Kier alpha value is -3.51. The number of pyridine rings is 1. The van der Waals surface area contributed by atoms with E-state index in [0.717, 1.165) is 36.1 Å². The first-order valence-electron chi connectivity index (χ1n) is 14.1. The Morgan fingerprint density at radius 1 is 1.09 bits per heavy atom. The predicted octanol–water partition coefficient (Wildman–Crippen LogP) is 6.49. The standard InChI is InChI=1S/C31H27BCl2F3N3O4/c1-3-29(4-2)23-9-7-18(12-24(23)32(42)43-29)17-38-28(41)22-8-10-27(40-11-5-6-26(22)40)25-16-30(44-39-25,31(35,36)37)19-13-20(33)15-21(34)14-19/h5-15,42H,3-4,16-17H2,1-2H3,(H,38,41). The van der Waals surface area contributed by atoms with Gasteiger partial charge in [-0.05, 0) is 71.9 Å². The minimum absolute atomic E-state index is 0.0378. The number of oxime groups is 1. The number of carbonyl (C=O) groups is 1. The van der Waals surface area contributed by atoms with Crippen LogP contribution in [-0.2, 0) is 27.2 Å². The maximum absolute atomic E-state index is 14.5. The fourth-order valence-corrected chi connectivity index (χ4v) is 6.68. The third-order valence-electron chi connectivity index (χ3n) is 8.55. The first-order chi connectivity index (χ1) is 20.9. The lowest BCUT2D eigenvalue weighted by molar-refractivity contribution is -0.275. The molecule has 2 aliphatic heterocycles. The second kappa shape index (κ2) is 11.1. The lowest BCUT2D eigenvalue weighted by Crippen LogP contribution is -2.42. The summed E-state index contributed by atoms with van der Waals surface area (Å²) < 4.78 is 51.0. The lowest BCUT2D eigenvalue weighted by Gasteiger charge is -2.29. The molecule has 13 heteroatoms. The van der Waals surface area contributed by atoms with Gasteiger partial charge in [-0.2, -0.15) is 13.2 Å². The molecule has 1 unspecified atom stereocenters. The summed E-state index contributed by atoms with van der Waals surface area (Å²) in [5, 5.41) is 17.4. The quantitative estimate of drug-likeness (QED) is 0.226. The van der Waals surface area contributed by atoms with Gasteiger partial charge in [-0.15, -0.1) is 0 Å². The van der Waals surface area contributed by atoms with Crippen molar-refractivity contribution < 1.29 is 32.5 Å². The molecule has 44 heavy (non-hydrogen) atoms. The van der Waals surface area contributed by atoms with Crippen LogP contribution in [0.4, 0.5) is 13.2 Å². The summed E-state index contributed by atoms with van der Waals surface area (Å²) in [6.07, 6.45) is -2.38. The SMILES string of the molecule is CCC1(CC)OB(O)c2cc(CNC(=O)c3ccc(C4=NOC(c5cc(Cl)cc(Cl)c5)(C(F)(F)F)C4)n4cccc34)ccc21. The molecule has 7 nitrogen and oxygen atoms in total. The highest BCUT2D eigenvalue weighted by atomic mass is 35.5. The Morgan fingerprint density at radius 3 is 2.50 bits per heavy atom. The zero-order valence-corrected chi connectivity index (χ0v) is 25.2. The van der Waals surface area contributed by atoms with E-state index < -0.39 is 30.9 Å². The monoisotopic (exact) mass is 643 g/mol. The van der Waals surface area contributed by atoms with E-state index in [1.54, 1.807) is 34.9 Å². The van der Waals surface area contributed by atoms with Crippen molar-refractivity contribution in [1.29, 1.82) is 0 Å². The van der Waals surface area contributed by atoms with Crippen molar-refractivity contribution in [3.05, 3.63) is 105 Å². The molecule has 6 rings (SSSR count). The van der Waals surface area contributed by atoms with Gasteiger partial charge < -0.3 is 24.2 Å². The molecule has 2 N–H and O–H groups in total. The largest absolute Gasteiger partial charge is 0.492 e. The number of fused-ring (bicyclic) bond motifs is 2. The number of amides is 1. The minimum Gasteiger partial charge on any atom is -0.423 e. The predicted molar refractivity (Wildman–Crippen MR) is 162 cm³/mol. The zero-order chi connectivity index (χ0) is 31.4. The summed E-state index contributed by atoms with van der Waals surface area (Å²) in [5.74, 6) is -0.378. The Morgan fingerprint density at radius 2 is 1.82 bits per heavy atom. The van der Waals surface area contributed by atoms with Crippen molar-refractivity contribution in [2.45, 2.75) is 57.0 Å². The molecule has 2 aromatic heterocycles. The Kier molecular flexibility index (Phi) is 7.72. The van der Waals surface area contributed by atoms with Crippen molar-refractivity contribution in [2.24, 2.45) is 5.16 Å². The molecular weight excluding hydrogens is 617 g/mol. The lowest BCUT2D eigenvalue weighted by atomic mass is 9.76. The van der Waals surface area contributed by atoms with Crippen molar-refractivity contribution in [3.63, 3.8) is 0 Å². The van der Waals surface area contributed by atoms with Crippen molar-refractivity contribution in [1.82, 2.24) is 9.72 Å². The van der Waals surface area contributed by atoms with Crippen LogP contribution in [0.2, 0.25) is 10.0 Å². The van der Waals surface area contributed by atoms with Gasteiger partial charge in [-0.1, -0.05) is 60.4 Å². The number of benzene rings is 2. The summed E-state index contributed by atoms with van der Waals surface area (Å²) in [5.41, 5.74) is 0.0205. The first-order valence-corrected chi connectivity index (χ1v) is 14.8. The second-order valence-corrected chi connectivity index (χ2v) is 11.8. The van der Waals surface area contributed by atoms with Gasteiger partial charge in [0.25, 0.3) is 11.5 Å². The number of nitrogens with zero attached hydrogens (tertiary/aromatic N) is 2. The third kappa shape index (κ3) is 4.96. The average molecular weight is 644 g/mol. The number of hydrogen-bond acceptors (Lipinski definition) is 5. The van der Waals surface area contributed by atoms with Gasteiger partial charge in [-0.3, -0.25) is 4.79 Å². The molecule has 0 saturated carbocycles. The average Bonchev–Trinajstić information content (AvgIpc) is 3.72. The fourth-order valence-electron chi connectivity index (χ4n) is 6.15. The second-order valence-electron chi connectivity index (χ2n) is 11.0. The number of hydrogen-bond donors (Lipinski definition) is 2. The molecule has 0 fully saturated rings. The van der Waals surface area contributed by atoms with Gasteiger partial charge in [0.05, 0.1) is 28.8 Å². The van der Waals surface area contributed by atoms with E-state index in [2.05, 4.69) is 10.5 Å². The number of carbonyl (C=O) groups excluding carboxylic acids is 1. The normalized spacial score (nSPS) is 19.2. The Labute approximate surface area is 261 Å². The van der Waals surface area contributed by atoms with Crippen LogP contribution >= 0.6 is 23.2 Å². The number of nitrogens with one attached hydrogen (secondary N) is 1. The molecule has 0 bridgehead atoms. The van der Waals surface area contributed by atoms with E-state index in [4.69, 9.17) is 32.7 Å². The molecule has 0 radical (unpaired) electrons. The van der Waals surface area contributed by atoms with Gasteiger partial charge in [0, 0.05) is 28.4 Å². The highest BCUT2D eigenvalue weighted by Gasteiger charge is 2.62. The number of alkyl halides is 3. The van der Waals surface area contributed by atoms with Crippen molar-refractivity contribution in [2.75, 3.05) is 0 Å². The van der Waals surface area contributed by atoms with Crippen molar-refractivity contribution >= 4 is 52.9 Å². The summed E-state index contributed by atoms with van der Waals surface area (Å²) >= 11 is 12.0. The molecule has 2 aliphatic rings. The van der Waals surface area contributed by atoms with Crippen LogP contribution < -0.4 is 10.8 Å². The van der Waals surface area contributed by atoms with Gasteiger partial charge in [0.2, 0.25) is 0 Å². The van der Waals surface area contributed by atoms with Crippen LogP contribution in [0.3, 0.4) is 0 Å². The van der Waals surface area contributed by atoms with Crippen molar-refractivity contribution in [3.8, 4) is 0 Å². The van der Waals surface area contributed by atoms with E-state index in [-0.39, 0.29) is 33.8 Å². The highest BCUT2D eigenvalue weighted by molar-refractivity contribution is 6.62. The molecule has 228 valence electrons. The van der Waals surface area contributed by atoms with Gasteiger partial charge in [0.1, 0.15) is 5.71 Å². The summed E-state index contributed by atoms with van der Waals surface area (Å²) in [6.45, 7) is 4.22. The maximum atomic E-state index is 14.5. The van der Waals surface area contributed by atoms with E-state index in [1.165, 1.54) is 6.07 Å². The third-order valence-corrected chi connectivity index (χ3v) is 8.99. The molecule has 0 saturated heterocycles. The van der Waals surface area contributed by atoms with Crippen LogP contribution in [0, 0.1) is 0 Å². The van der Waals surface area contributed by atoms with Crippen LogP contribution in [0.25, 0.3) is 5.52 Å².